The molecule has 2 N–H and O–H groups in total. The Morgan fingerprint density at radius 1 is 1.19 bits per heavy atom. The number of hydrogen-bond acceptors (Lipinski definition) is 3. The molecular weight excluding hydrogens is 206 g/mol. The minimum absolute atomic E-state index is 0.0346. The molecule has 1 aromatic rings. The lowest BCUT2D eigenvalue weighted by Crippen LogP contribution is -2.27. The van der Waals surface area contributed by atoms with Gasteiger partial charge in [0.1, 0.15) is 0 Å². The number of nitrogens with one attached hydrogen (secondary N) is 1. The summed E-state index contributed by atoms with van der Waals surface area (Å²) in [6, 6.07) is 8.71. The Balaban J connectivity index is 2.37. The highest BCUT2D eigenvalue weighted by Gasteiger charge is 2.10. The Bertz CT molecular complexity index is 349. The average molecular weight is 221 g/mol. The van der Waals surface area contributed by atoms with Crippen molar-refractivity contribution in [1.82, 2.24) is 5.32 Å². The molecular formula is C12H15NO3. The molecule has 4 heteroatoms. The molecule has 0 atom stereocenters. The van der Waals surface area contributed by atoms with E-state index < -0.39 is 0 Å². The molecule has 0 saturated carbocycles. The average Bonchev–Trinajstić information content (AvgIpc) is 2.30. The normalized spacial score (nSPS) is 9.81. The van der Waals surface area contributed by atoms with E-state index in [-0.39, 0.29) is 24.7 Å². The molecule has 0 aromatic heterocycles. The van der Waals surface area contributed by atoms with Gasteiger partial charge in [0.25, 0.3) is 0 Å². The summed E-state index contributed by atoms with van der Waals surface area (Å²) in [5, 5.41) is 11.1. The number of rotatable bonds is 6. The Morgan fingerprint density at radius 2 is 1.88 bits per heavy atom. The van der Waals surface area contributed by atoms with Crippen molar-refractivity contribution in [2.24, 2.45) is 0 Å². The maximum absolute atomic E-state index is 11.6. The van der Waals surface area contributed by atoms with Gasteiger partial charge in [-0.2, -0.15) is 0 Å². The third-order valence-electron chi connectivity index (χ3n) is 2.07. The van der Waals surface area contributed by atoms with Crippen LogP contribution in [0.25, 0.3) is 0 Å². The molecule has 0 fully saturated rings. The van der Waals surface area contributed by atoms with Gasteiger partial charge in [-0.05, 0) is 6.42 Å². The third kappa shape index (κ3) is 4.23. The van der Waals surface area contributed by atoms with Crippen molar-refractivity contribution >= 4 is 11.7 Å². The molecule has 4 nitrogen and oxygen atoms in total. The van der Waals surface area contributed by atoms with E-state index in [9.17, 15) is 9.59 Å². The van der Waals surface area contributed by atoms with Crippen LogP contribution in [-0.4, -0.2) is 29.9 Å². The number of carbonyl (C=O) groups is 2. The lowest BCUT2D eigenvalue weighted by molar-refractivity contribution is -0.120. The summed E-state index contributed by atoms with van der Waals surface area (Å²) < 4.78 is 0. The van der Waals surface area contributed by atoms with E-state index in [0.717, 1.165) is 0 Å². The predicted molar refractivity (Wildman–Crippen MR) is 60.1 cm³/mol. The molecule has 0 heterocycles. The molecule has 0 bridgehead atoms. The Labute approximate surface area is 94.3 Å². The molecule has 0 aliphatic carbocycles. The van der Waals surface area contributed by atoms with E-state index in [0.29, 0.717) is 18.5 Å². The fraction of sp³-hybridized carbons (Fsp3) is 0.333. The lowest BCUT2D eigenvalue weighted by atomic mass is 10.1. The second-order valence-corrected chi connectivity index (χ2v) is 3.39. The minimum Gasteiger partial charge on any atom is -0.396 e. The molecule has 0 saturated heterocycles. The number of carbonyl (C=O) groups excluding carboxylic acids is 2. The number of aliphatic hydroxyl groups excluding tert-OH is 1. The molecule has 1 aromatic carbocycles. The second-order valence-electron chi connectivity index (χ2n) is 3.39. The van der Waals surface area contributed by atoms with Gasteiger partial charge in [0.05, 0.1) is 6.42 Å². The summed E-state index contributed by atoms with van der Waals surface area (Å²) in [6.45, 7) is 0.435. The molecule has 0 spiro atoms. The number of Topliss-reactive ketones (excluding diaryl/α,β-unsaturated/α-hetero) is 1. The maximum Gasteiger partial charge on any atom is 0.227 e. The first-order valence-electron chi connectivity index (χ1n) is 5.20. The van der Waals surface area contributed by atoms with Gasteiger partial charge in [0.2, 0.25) is 5.91 Å². The summed E-state index contributed by atoms with van der Waals surface area (Å²) in [5.41, 5.74) is 0.541. The van der Waals surface area contributed by atoms with Gasteiger partial charge in [-0.1, -0.05) is 30.3 Å². The summed E-state index contributed by atoms with van der Waals surface area (Å²) in [6.07, 6.45) is 0.362. The lowest BCUT2D eigenvalue weighted by Gasteiger charge is -2.03. The van der Waals surface area contributed by atoms with Crippen molar-refractivity contribution in [2.45, 2.75) is 12.8 Å². The highest BCUT2D eigenvalue weighted by molar-refractivity contribution is 6.07. The molecule has 1 amide bonds. The number of amides is 1. The van der Waals surface area contributed by atoms with Crippen molar-refractivity contribution in [3.8, 4) is 0 Å². The van der Waals surface area contributed by atoms with Crippen LogP contribution in [0.4, 0.5) is 0 Å². The molecule has 0 aliphatic rings. The van der Waals surface area contributed by atoms with E-state index in [4.69, 9.17) is 5.11 Å². The zero-order chi connectivity index (χ0) is 11.8. The first-order chi connectivity index (χ1) is 7.74. The van der Waals surface area contributed by atoms with E-state index in [1.54, 1.807) is 24.3 Å². The van der Waals surface area contributed by atoms with Crippen molar-refractivity contribution < 1.29 is 14.7 Å². The third-order valence-corrected chi connectivity index (χ3v) is 2.07. The minimum atomic E-state index is -0.303. The second kappa shape index (κ2) is 6.74. The van der Waals surface area contributed by atoms with E-state index in [1.165, 1.54) is 0 Å². The van der Waals surface area contributed by atoms with Gasteiger partial charge >= 0.3 is 0 Å². The smallest absolute Gasteiger partial charge is 0.227 e. The highest BCUT2D eigenvalue weighted by atomic mass is 16.3. The zero-order valence-corrected chi connectivity index (χ0v) is 8.98. The van der Waals surface area contributed by atoms with Crippen LogP contribution in [0, 0.1) is 0 Å². The monoisotopic (exact) mass is 221 g/mol. The first kappa shape index (κ1) is 12.4. The predicted octanol–water partition coefficient (Wildman–Crippen LogP) is 0.758. The van der Waals surface area contributed by atoms with Crippen LogP contribution in [-0.2, 0) is 4.79 Å². The van der Waals surface area contributed by atoms with Crippen LogP contribution in [0.3, 0.4) is 0 Å². The van der Waals surface area contributed by atoms with Gasteiger partial charge in [-0.15, -0.1) is 0 Å². The van der Waals surface area contributed by atoms with E-state index >= 15 is 0 Å². The molecule has 0 aliphatic heterocycles. The van der Waals surface area contributed by atoms with E-state index in [1.807, 2.05) is 6.07 Å². The quantitative estimate of drug-likeness (QED) is 0.423. The van der Waals surface area contributed by atoms with Crippen LogP contribution in [0.1, 0.15) is 23.2 Å². The van der Waals surface area contributed by atoms with Crippen LogP contribution in [0.2, 0.25) is 0 Å². The van der Waals surface area contributed by atoms with Crippen LogP contribution in [0.15, 0.2) is 30.3 Å². The topological polar surface area (TPSA) is 66.4 Å². The SMILES string of the molecule is O=C(CC(=O)c1ccccc1)NCCCO. The summed E-state index contributed by atoms with van der Waals surface area (Å²) >= 11 is 0. The fourth-order valence-corrected chi connectivity index (χ4v) is 1.24. The van der Waals surface area contributed by atoms with Crippen molar-refractivity contribution in [3.05, 3.63) is 35.9 Å². The van der Waals surface area contributed by atoms with Gasteiger partial charge in [0, 0.05) is 18.7 Å². The molecule has 86 valence electrons. The van der Waals surface area contributed by atoms with E-state index in [2.05, 4.69) is 5.32 Å². The van der Waals surface area contributed by atoms with Gasteiger partial charge in [-0.3, -0.25) is 9.59 Å². The molecule has 0 unspecified atom stereocenters. The van der Waals surface area contributed by atoms with Crippen molar-refractivity contribution in [1.29, 1.82) is 0 Å². The molecule has 1 rings (SSSR count). The number of ketones is 1. The Kier molecular flexibility index (Phi) is 5.22. The van der Waals surface area contributed by atoms with Crippen molar-refractivity contribution in [2.75, 3.05) is 13.2 Å². The highest BCUT2D eigenvalue weighted by Crippen LogP contribution is 2.02. The first-order valence-corrected chi connectivity index (χ1v) is 5.20. The van der Waals surface area contributed by atoms with Gasteiger partial charge in [0.15, 0.2) is 5.78 Å². The number of aliphatic hydroxyl groups is 1. The zero-order valence-electron chi connectivity index (χ0n) is 8.98. The fourth-order valence-electron chi connectivity index (χ4n) is 1.24. The Morgan fingerprint density at radius 3 is 2.50 bits per heavy atom. The summed E-state index contributed by atoms with van der Waals surface area (Å²) in [5.74, 6) is -0.496. The number of hydrogen-bond donors (Lipinski definition) is 2. The van der Waals surface area contributed by atoms with Crippen LogP contribution < -0.4 is 5.32 Å². The Hall–Kier alpha value is -1.68. The van der Waals surface area contributed by atoms with Gasteiger partial charge < -0.3 is 10.4 Å². The summed E-state index contributed by atoms with van der Waals surface area (Å²) in [7, 11) is 0. The standard InChI is InChI=1S/C12H15NO3/c14-8-4-7-13-12(16)9-11(15)10-5-2-1-3-6-10/h1-3,5-6,14H,4,7-9H2,(H,13,16). The largest absolute Gasteiger partial charge is 0.396 e. The molecule has 0 radical (unpaired) electrons. The van der Waals surface area contributed by atoms with Crippen LogP contribution in [0.5, 0.6) is 0 Å². The molecule has 16 heavy (non-hydrogen) atoms. The van der Waals surface area contributed by atoms with Crippen molar-refractivity contribution in [3.63, 3.8) is 0 Å². The summed E-state index contributed by atoms with van der Waals surface area (Å²) in [4.78, 5) is 22.9. The van der Waals surface area contributed by atoms with Gasteiger partial charge in [-0.25, -0.2) is 0 Å². The van der Waals surface area contributed by atoms with Crippen LogP contribution >= 0.6 is 0 Å². The number of benzene rings is 1. The maximum atomic E-state index is 11.6.